The van der Waals surface area contributed by atoms with Gasteiger partial charge in [0.1, 0.15) is 0 Å². The van der Waals surface area contributed by atoms with E-state index >= 15 is 0 Å². The molecule has 2 heteroatoms. The minimum atomic E-state index is 0.112. The second-order valence-corrected chi connectivity index (χ2v) is 5.68. The molecule has 0 amide bonds. The number of hydrogen-bond acceptors (Lipinski definition) is 2. The van der Waals surface area contributed by atoms with Crippen LogP contribution in [-0.2, 0) is 5.75 Å². The first-order valence-corrected chi connectivity index (χ1v) is 7.17. The zero-order valence-electron chi connectivity index (χ0n) is 10.9. The molecule has 0 heterocycles. The van der Waals surface area contributed by atoms with Crippen LogP contribution in [-0.4, -0.2) is 0 Å². The highest BCUT2D eigenvalue weighted by atomic mass is 32.2. The Bertz CT molecular complexity index is 503. The second-order valence-electron chi connectivity index (χ2n) is 4.64. The van der Waals surface area contributed by atoms with Gasteiger partial charge in [-0.3, -0.25) is 0 Å². The van der Waals surface area contributed by atoms with Crippen LogP contribution in [0.1, 0.15) is 29.7 Å². The molecule has 2 aromatic carbocycles. The van der Waals surface area contributed by atoms with E-state index in [1.54, 1.807) is 0 Å². The molecule has 1 nitrogen and oxygen atoms in total. The molecular formula is C16H19NS. The van der Waals surface area contributed by atoms with Crippen molar-refractivity contribution < 1.29 is 0 Å². The molecular weight excluding hydrogens is 238 g/mol. The summed E-state index contributed by atoms with van der Waals surface area (Å²) in [5.74, 6) is 1.01. The van der Waals surface area contributed by atoms with E-state index in [4.69, 9.17) is 5.73 Å². The monoisotopic (exact) mass is 257 g/mol. The number of aryl methyl sites for hydroxylation is 1. The Morgan fingerprint density at radius 2 is 1.83 bits per heavy atom. The standard InChI is InChI=1S/C16H19NS/c1-12-4-3-5-14(10-12)11-18-16-8-6-15(7-9-16)13(2)17/h3-10,13H,11,17H2,1-2H3/t13-/m1/s1. The Labute approximate surface area is 113 Å². The first-order valence-electron chi connectivity index (χ1n) is 6.19. The van der Waals surface area contributed by atoms with Crippen molar-refractivity contribution in [3.8, 4) is 0 Å². The van der Waals surface area contributed by atoms with Crippen LogP contribution in [0.2, 0.25) is 0 Å². The molecule has 18 heavy (non-hydrogen) atoms. The maximum absolute atomic E-state index is 5.84. The Morgan fingerprint density at radius 3 is 2.44 bits per heavy atom. The Kier molecular flexibility index (Phi) is 4.45. The molecule has 94 valence electrons. The molecule has 2 N–H and O–H groups in total. The molecule has 0 saturated heterocycles. The fourth-order valence-electron chi connectivity index (χ4n) is 1.84. The minimum absolute atomic E-state index is 0.112. The van der Waals surface area contributed by atoms with Gasteiger partial charge in [-0.15, -0.1) is 11.8 Å². The zero-order chi connectivity index (χ0) is 13.0. The third-order valence-electron chi connectivity index (χ3n) is 2.89. The molecule has 0 bridgehead atoms. The van der Waals surface area contributed by atoms with Crippen LogP contribution in [0.3, 0.4) is 0 Å². The minimum Gasteiger partial charge on any atom is -0.324 e. The van der Waals surface area contributed by atoms with Crippen molar-refractivity contribution in [2.45, 2.75) is 30.5 Å². The number of hydrogen-bond donors (Lipinski definition) is 1. The lowest BCUT2D eigenvalue weighted by atomic mass is 10.1. The highest BCUT2D eigenvalue weighted by Crippen LogP contribution is 2.24. The van der Waals surface area contributed by atoms with Crippen molar-refractivity contribution in [1.82, 2.24) is 0 Å². The van der Waals surface area contributed by atoms with Gasteiger partial charge in [-0.2, -0.15) is 0 Å². The molecule has 0 fully saturated rings. The highest BCUT2D eigenvalue weighted by molar-refractivity contribution is 7.98. The summed E-state index contributed by atoms with van der Waals surface area (Å²) in [5, 5.41) is 0. The van der Waals surface area contributed by atoms with Crippen LogP contribution in [0.5, 0.6) is 0 Å². The average molecular weight is 257 g/mol. The van der Waals surface area contributed by atoms with E-state index in [1.165, 1.54) is 21.6 Å². The molecule has 2 aromatic rings. The molecule has 0 aliphatic rings. The first-order chi connectivity index (χ1) is 8.65. The fraction of sp³-hybridized carbons (Fsp3) is 0.250. The summed E-state index contributed by atoms with van der Waals surface area (Å²) in [6.07, 6.45) is 0. The summed E-state index contributed by atoms with van der Waals surface area (Å²) < 4.78 is 0. The van der Waals surface area contributed by atoms with E-state index in [9.17, 15) is 0 Å². The van der Waals surface area contributed by atoms with E-state index in [0.717, 1.165) is 5.75 Å². The lowest BCUT2D eigenvalue weighted by molar-refractivity contribution is 0.817. The van der Waals surface area contributed by atoms with Crippen LogP contribution >= 0.6 is 11.8 Å². The molecule has 0 aliphatic heterocycles. The quantitative estimate of drug-likeness (QED) is 0.826. The maximum Gasteiger partial charge on any atom is 0.0266 e. The van der Waals surface area contributed by atoms with Gasteiger partial charge in [-0.05, 0) is 37.1 Å². The van der Waals surface area contributed by atoms with Crippen molar-refractivity contribution in [2.75, 3.05) is 0 Å². The van der Waals surface area contributed by atoms with Gasteiger partial charge in [0.25, 0.3) is 0 Å². The van der Waals surface area contributed by atoms with Crippen LogP contribution in [0.15, 0.2) is 53.4 Å². The summed E-state index contributed by atoms with van der Waals surface area (Å²) in [5.41, 5.74) is 9.72. The van der Waals surface area contributed by atoms with Gasteiger partial charge >= 0.3 is 0 Å². The third-order valence-corrected chi connectivity index (χ3v) is 3.98. The Morgan fingerprint density at radius 1 is 1.11 bits per heavy atom. The lowest BCUT2D eigenvalue weighted by Crippen LogP contribution is -2.04. The third kappa shape index (κ3) is 3.62. The SMILES string of the molecule is Cc1cccc(CSc2ccc([C@@H](C)N)cc2)c1. The average Bonchev–Trinajstić information content (AvgIpc) is 2.37. The predicted octanol–water partition coefficient (Wildman–Crippen LogP) is 4.31. The molecule has 2 rings (SSSR count). The smallest absolute Gasteiger partial charge is 0.0266 e. The highest BCUT2D eigenvalue weighted by Gasteiger charge is 2.00. The van der Waals surface area contributed by atoms with E-state index < -0.39 is 0 Å². The molecule has 0 saturated carbocycles. The van der Waals surface area contributed by atoms with Crippen LogP contribution in [0.4, 0.5) is 0 Å². The van der Waals surface area contributed by atoms with E-state index in [-0.39, 0.29) is 6.04 Å². The summed E-state index contributed by atoms with van der Waals surface area (Å²) in [6.45, 7) is 4.14. The summed E-state index contributed by atoms with van der Waals surface area (Å²) in [6, 6.07) is 17.3. The van der Waals surface area contributed by atoms with Crippen LogP contribution < -0.4 is 5.73 Å². The number of thioether (sulfide) groups is 1. The summed E-state index contributed by atoms with van der Waals surface area (Å²) >= 11 is 1.86. The molecule has 1 atom stereocenters. The van der Waals surface area contributed by atoms with Crippen LogP contribution in [0, 0.1) is 6.92 Å². The van der Waals surface area contributed by atoms with Crippen molar-refractivity contribution in [3.63, 3.8) is 0 Å². The van der Waals surface area contributed by atoms with Gasteiger partial charge < -0.3 is 5.73 Å². The number of benzene rings is 2. The Balaban J connectivity index is 1.98. The molecule has 0 aliphatic carbocycles. The molecule has 0 unspecified atom stereocenters. The van der Waals surface area contributed by atoms with Gasteiger partial charge in [-0.25, -0.2) is 0 Å². The van der Waals surface area contributed by atoms with Gasteiger partial charge in [0.15, 0.2) is 0 Å². The predicted molar refractivity (Wildman–Crippen MR) is 79.8 cm³/mol. The largest absolute Gasteiger partial charge is 0.324 e. The fourth-order valence-corrected chi connectivity index (χ4v) is 2.68. The van der Waals surface area contributed by atoms with Crippen molar-refractivity contribution >= 4 is 11.8 Å². The van der Waals surface area contributed by atoms with Crippen molar-refractivity contribution in [2.24, 2.45) is 5.73 Å². The molecule has 0 spiro atoms. The van der Waals surface area contributed by atoms with Crippen molar-refractivity contribution in [1.29, 1.82) is 0 Å². The van der Waals surface area contributed by atoms with Crippen molar-refractivity contribution in [3.05, 3.63) is 65.2 Å². The number of rotatable bonds is 4. The summed E-state index contributed by atoms with van der Waals surface area (Å²) in [4.78, 5) is 1.29. The Hall–Kier alpha value is -1.25. The van der Waals surface area contributed by atoms with E-state index in [0.29, 0.717) is 0 Å². The van der Waals surface area contributed by atoms with Gasteiger partial charge in [0.05, 0.1) is 0 Å². The first kappa shape index (κ1) is 13.2. The zero-order valence-corrected chi connectivity index (χ0v) is 11.7. The van der Waals surface area contributed by atoms with E-state index in [1.807, 2.05) is 18.7 Å². The topological polar surface area (TPSA) is 26.0 Å². The van der Waals surface area contributed by atoms with E-state index in [2.05, 4.69) is 55.5 Å². The normalized spacial score (nSPS) is 12.4. The number of nitrogens with two attached hydrogens (primary N) is 1. The second kappa shape index (κ2) is 6.07. The lowest BCUT2D eigenvalue weighted by Gasteiger charge is -2.07. The van der Waals surface area contributed by atoms with Gasteiger partial charge in [0, 0.05) is 16.7 Å². The molecule has 0 radical (unpaired) electrons. The van der Waals surface area contributed by atoms with Crippen LogP contribution in [0.25, 0.3) is 0 Å². The van der Waals surface area contributed by atoms with Gasteiger partial charge in [0.2, 0.25) is 0 Å². The van der Waals surface area contributed by atoms with Gasteiger partial charge in [-0.1, -0.05) is 42.0 Å². The summed E-state index contributed by atoms with van der Waals surface area (Å²) in [7, 11) is 0. The maximum atomic E-state index is 5.84. The molecule has 0 aromatic heterocycles.